The summed E-state index contributed by atoms with van der Waals surface area (Å²) in [5.74, 6) is -3.10. The highest BCUT2D eigenvalue weighted by molar-refractivity contribution is 7.99. The molecule has 0 saturated heterocycles. The van der Waals surface area contributed by atoms with E-state index in [-0.39, 0.29) is 29.3 Å². The first kappa shape index (κ1) is 21.5. The molecule has 0 amide bonds. The standard InChI is InChI=1S/C20H15Cl2NO5S/c21-12-5-6-13(15(9-12)23(27)28)20(26)19-16(24)7-11(8-17(19)25)10-29-18-4-2-1-3-14(18)22/h1-6,9,11,19H,7-8,10H2. The van der Waals surface area contributed by atoms with Gasteiger partial charge in [0.1, 0.15) is 5.92 Å². The number of hydrogen-bond donors (Lipinski definition) is 0. The molecule has 1 aliphatic rings. The van der Waals surface area contributed by atoms with E-state index < -0.39 is 33.9 Å². The number of Topliss-reactive ketones (excluding diaryl/α,β-unsaturated/α-hetero) is 3. The molecule has 0 N–H and O–H groups in total. The summed E-state index contributed by atoms with van der Waals surface area (Å²) in [4.78, 5) is 49.3. The fourth-order valence-corrected chi connectivity index (χ4v) is 4.75. The van der Waals surface area contributed by atoms with Crippen LogP contribution in [0.5, 0.6) is 0 Å². The van der Waals surface area contributed by atoms with Crippen LogP contribution < -0.4 is 0 Å². The van der Waals surface area contributed by atoms with Crippen molar-refractivity contribution in [3.8, 4) is 0 Å². The van der Waals surface area contributed by atoms with Gasteiger partial charge in [-0.25, -0.2) is 0 Å². The molecule has 0 spiro atoms. The lowest BCUT2D eigenvalue weighted by atomic mass is 9.77. The molecule has 0 aromatic heterocycles. The molecular formula is C20H15Cl2NO5S. The van der Waals surface area contributed by atoms with Crippen LogP contribution in [0.4, 0.5) is 5.69 Å². The zero-order chi connectivity index (χ0) is 21.1. The van der Waals surface area contributed by atoms with Crippen molar-refractivity contribution in [3.63, 3.8) is 0 Å². The van der Waals surface area contributed by atoms with Gasteiger partial charge in [0, 0.05) is 34.6 Å². The maximum Gasteiger partial charge on any atom is 0.281 e. The van der Waals surface area contributed by atoms with Crippen LogP contribution in [0.3, 0.4) is 0 Å². The Morgan fingerprint density at radius 3 is 2.38 bits per heavy atom. The van der Waals surface area contributed by atoms with Gasteiger partial charge < -0.3 is 0 Å². The summed E-state index contributed by atoms with van der Waals surface area (Å²) in [7, 11) is 0. The van der Waals surface area contributed by atoms with E-state index in [1.807, 2.05) is 18.2 Å². The Morgan fingerprint density at radius 2 is 1.76 bits per heavy atom. The molecule has 0 atom stereocenters. The average molecular weight is 452 g/mol. The SMILES string of the molecule is O=C1CC(CSc2ccccc2Cl)CC(=O)C1C(=O)c1ccc(Cl)cc1[N+](=O)[O-]. The second-order valence-corrected chi connectivity index (χ2v) is 8.57. The largest absolute Gasteiger partial charge is 0.298 e. The molecule has 0 aliphatic heterocycles. The maximum absolute atomic E-state index is 12.8. The minimum absolute atomic E-state index is 0.0565. The minimum atomic E-state index is -1.50. The van der Waals surface area contributed by atoms with Gasteiger partial charge in [0.25, 0.3) is 5.69 Å². The van der Waals surface area contributed by atoms with Gasteiger partial charge in [-0.1, -0.05) is 35.3 Å². The van der Waals surface area contributed by atoms with Gasteiger partial charge in [-0.3, -0.25) is 24.5 Å². The molecule has 1 fully saturated rings. The monoisotopic (exact) mass is 451 g/mol. The topological polar surface area (TPSA) is 94.3 Å². The second kappa shape index (κ2) is 9.07. The maximum atomic E-state index is 12.8. The van der Waals surface area contributed by atoms with Crippen molar-refractivity contribution in [1.29, 1.82) is 0 Å². The van der Waals surface area contributed by atoms with Crippen molar-refractivity contribution in [2.75, 3.05) is 5.75 Å². The number of carbonyl (C=O) groups is 3. The molecule has 0 radical (unpaired) electrons. The average Bonchev–Trinajstić information content (AvgIpc) is 2.66. The van der Waals surface area contributed by atoms with Crippen LogP contribution in [-0.2, 0) is 9.59 Å². The summed E-state index contributed by atoms with van der Waals surface area (Å²) < 4.78 is 0. The van der Waals surface area contributed by atoms with Crippen molar-refractivity contribution in [2.45, 2.75) is 17.7 Å². The van der Waals surface area contributed by atoms with Crippen molar-refractivity contribution >= 4 is 58.0 Å². The lowest BCUT2D eigenvalue weighted by Crippen LogP contribution is -2.39. The van der Waals surface area contributed by atoms with Gasteiger partial charge in [-0.15, -0.1) is 11.8 Å². The van der Waals surface area contributed by atoms with E-state index in [0.29, 0.717) is 10.8 Å². The summed E-state index contributed by atoms with van der Waals surface area (Å²) >= 11 is 13.3. The Kier molecular flexibility index (Phi) is 6.72. The van der Waals surface area contributed by atoms with Crippen molar-refractivity contribution in [3.05, 3.63) is 68.2 Å². The van der Waals surface area contributed by atoms with Gasteiger partial charge in [0.2, 0.25) is 0 Å². The van der Waals surface area contributed by atoms with E-state index in [0.717, 1.165) is 11.0 Å². The molecule has 0 bridgehead atoms. The normalized spacial score (nSPS) is 19.2. The number of halogens is 2. The Labute approximate surface area is 180 Å². The molecule has 29 heavy (non-hydrogen) atoms. The first-order valence-corrected chi connectivity index (χ1v) is 10.4. The lowest BCUT2D eigenvalue weighted by molar-refractivity contribution is -0.385. The molecule has 2 aromatic rings. The molecule has 0 heterocycles. The fourth-order valence-electron chi connectivity index (χ4n) is 3.26. The molecular weight excluding hydrogens is 437 g/mol. The predicted molar refractivity (Wildman–Crippen MR) is 111 cm³/mol. The third kappa shape index (κ3) is 4.86. The van der Waals surface area contributed by atoms with Crippen molar-refractivity contribution < 1.29 is 19.3 Å². The Bertz CT molecular complexity index is 992. The van der Waals surface area contributed by atoms with Crippen LogP contribution in [0, 0.1) is 22.0 Å². The first-order valence-electron chi connectivity index (χ1n) is 8.69. The second-order valence-electron chi connectivity index (χ2n) is 6.66. The minimum Gasteiger partial charge on any atom is -0.298 e. The highest BCUT2D eigenvalue weighted by atomic mass is 35.5. The smallest absolute Gasteiger partial charge is 0.281 e. The highest BCUT2D eigenvalue weighted by Crippen LogP contribution is 2.34. The Hall–Kier alpha value is -2.22. The molecule has 1 aliphatic carbocycles. The zero-order valence-corrected chi connectivity index (χ0v) is 17.3. The highest BCUT2D eigenvalue weighted by Gasteiger charge is 2.42. The van der Waals surface area contributed by atoms with E-state index in [1.54, 1.807) is 6.07 Å². The van der Waals surface area contributed by atoms with Crippen molar-refractivity contribution in [2.24, 2.45) is 11.8 Å². The number of benzene rings is 2. The number of carbonyl (C=O) groups excluding carboxylic acids is 3. The molecule has 0 unspecified atom stereocenters. The van der Waals surface area contributed by atoms with Crippen LogP contribution in [0.2, 0.25) is 10.0 Å². The number of nitrogens with zero attached hydrogens (tertiary/aromatic N) is 1. The lowest BCUT2D eigenvalue weighted by Gasteiger charge is -2.25. The number of ketones is 3. The molecule has 150 valence electrons. The number of nitro benzene ring substituents is 1. The molecule has 1 saturated carbocycles. The van der Waals surface area contributed by atoms with Crippen LogP contribution in [-0.4, -0.2) is 28.0 Å². The number of nitro groups is 1. The van der Waals surface area contributed by atoms with Gasteiger partial charge in [-0.2, -0.15) is 0 Å². The predicted octanol–water partition coefficient (Wildman–Crippen LogP) is 5.04. The first-order chi connectivity index (χ1) is 13.8. The molecule has 9 heteroatoms. The summed E-state index contributed by atoms with van der Waals surface area (Å²) in [5, 5.41) is 11.9. The summed E-state index contributed by atoms with van der Waals surface area (Å²) in [6.07, 6.45) is 0.113. The number of hydrogen-bond acceptors (Lipinski definition) is 6. The van der Waals surface area contributed by atoms with E-state index >= 15 is 0 Å². The zero-order valence-electron chi connectivity index (χ0n) is 15.0. The third-order valence-electron chi connectivity index (χ3n) is 4.62. The van der Waals surface area contributed by atoms with E-state index in [2.05, 4.69) is 0 Å². The molecule has 6 nitrogen and oxygen atoms in total. The fraction of sp³-hybridized carbons (Fsp3) is 0.250. The van der Waals surface area contributed by atoms with E-state index in [1.165, 1.54) is 23.9 Å². The third-order valence-corrected chi connectivity index (χ3v) is 6.60. The number of thioether (sulfide) groups is 1. The van der Waals surface area contributed by atoms with Crippen molar-refractivity contribution in [1.82, 2.24) is 0 Å². The van der Waals surface area contributed by atoms with Gasteiger partial charge in [0.15, 0.2) is 17.3 Å². The quantitative estimate of drug-likeness (QED) is 0.200. The van der Waals surface area contributed by atoms with Gasteiger partial charge in [0.05, 0.1) is 15.5 Å². The molecule has 3 rings (SSSR count). The van der Waals surface area contributed by atoms with Gasteiger partial charge >= 0.3 is 0 Å². The van der Waals surface area contributed by atoms with Crippen LogP contribution >= 0.6 is 35.0 Å². The van der Waals surface area contributed by atoms with Crippen LogP contribution in [0.15, 0.2) is 47.4 Å². The van der Waals surface area contributed by atoms with E-state index in [4.69, 9.17) is 23.2 Å². The van der Waals surface area contributed by atoms with E-state index in [9.17, 15) is 24.5 Å². The molecule has 2 aromatic carbocycles. The number of rotatable bonds is 6. The Balaban J connectivity index is 1.73. The van der Waals surface area contributed by atoms with Crippen LogP contribution in [0.1, 0.15) is 23.2 Å². The van der Waals surface area contributed by atoms with Crippen LogP contribution in [0.25, 0.3) is 0 Å². The summed E-state index contributed by atoms with van der Waals surface area (Å²) in [6.45, 7) is 0. The summed E-state index contributed by atoms with van der Waals surface area (Å²) in [5.41, 5.74) is -0.797. The summed E-state index contributed by atoms with van der Waals surface area (Å²) in [6, 6.07) is 10.8. The van der Waals surface area contributed by atoms with Gasteiger partial charge in [-0.05, 0) is 30.2 Å². The Morgan fingerprint density at radius 1 is 1.10 bits per heavy atom.